The van der Waals surface area contributed by atoms with Crippen LogP contribution in [0.2, 0.25) is 6.32 Å². The molecule has 0 heterocycles. The second kappa shape index (κ2) is 9.39. The fraction of sp³-hybridized carbons (Fsp3) is 0.875. The first-order valence-electron chi connectivity index (χ1n) is 4.64. The number of amides is 1. The van der Waals surface area contributed by atoms with Crippen LogP contribution in [0.15, 0.2) is 0 Å². The minimum atomic E-state index is -0.222. The summed E-state index contributed by atoms with van der Waals surface area (Å²) in [5.41, 5.74) is 0. The molecule has 1 N–H and O–H groups in total. The van der Waals surface area contributed by atoms with Gasteiger partial charge in [-0.25, -0.2) is 0 Å². The molecule has 1 amide bonds. The average Bonchev–Trinajstić information content (AvgIpc) is 2.21. The van der Waals surface area contributed by atoms with Crippen LogP contribution in [-0.2, 0) is 13.7 Å². The molecule has 0 bridgehead atoms. The molecule has 4 nitrogen and oxygen atoms in total. The van der Waals surface area contributed by atoms with E-state index in [1.807, 2.05) is 13.8 Å². The lowest BCUT2D eigenvalue weighted by Gasteiger charge is -2.19. The molecular formula is C8H16BNO3S2. The van der Waals surface area contributed by atoms with Gasteiger partial charge in [0.25, 0.3) is 0 Å². The number of thiol groups is 1. The Morgan fingerprint density at radius 2 is 2.20 bits per heavy atom. The van der Waals surface area contributed by atoms with Crippen LogP contribution in [0.1, 0.15) is 13.8 Å². The molecule has 0 saturated heterocycles. The smallest absolute Gasteiger partial charge is 0.211 e. The van der Waals surface area contributed by atoms with Gasteiger partial charge in [-0.3, -0.25) is 4.79 Å². The zero-order valence-electron chi connectivity index (χ0n) is 8.93. The van der Waals surface area contributed by atoms with Crippen molar-refractivity contribution in [3.05, 3.63) is 0 Å². The molecule has 86 valence electrons. The van der Waals surface area contributed by atoms with Crippen LogP contribution in [0, 0.1) is 0 Å². The fourth-order valence-electron chi connectivity index (χ4n) is 0.839. The third-order valence-corrected chi connectivity index (χ3v) is 2.06. The lowest BCUT2D eigenvalue weighted by Crippen LogP contribution is -2.41. The van der Waals surface area contributed by atoms with Gasteiger partial charge in [0.15, 0.2) is 0 Å². The monoisotopic (exact) mass is 249 g/mol. The van der Waals surface area contributed by atoms with Crippen LogP contribution in [-0.4, -0.2) is 39.1 Å². The molecular weight excluding hydrogens is 233 g/mol. The highest BCUT2D eigenvalue weighted by Gasteiger charge is 2.12. The largest absolute Gasteiger partial charge is 0.377 e. The van der Waals surface area contributed by atoms with Gasteiger partial charge in [0.2, 0.25) is 5.91 Å². The Hall–Kier alpha value is 0.155. The van der Waals surface area contributed by atoms with E-state index < -0.39 is 0 Å². The molecule has 0 aromatic heterocycles. The van der Waals surface area contributed by atoms with Crippen molar-refractivity contribution in [2.24, 2.45) is 0 Å². The molecule has 2 radical (unpaired) electrons. The van der Waals surface area contributed by atoms with Gasteiger partial charge in [-0.05, 0) is 20.2 Å². The minimum absolute atomic E-state index is 0.0355. The van der Waals surface area contributed by atoms with Gasteiger partial charge in [0.1, 0.15) is 0 Å². The van der Waals surface area contributed by atoms with E-state index in [9.17, 15) is 4.79 Å². The number of hydrogen-bond donors (Lipinski definition) is 2. The SMILES string of the molecule is [B]CC(=O)NC(COSS)COC(C)C. The quantitative estimate of drug-likeness (QED) is 0.291. The zero-order chi connectivity index (χ0) is 11.7. The number of carbonyl (C=O) groups is 1. The normalized spacial score (nSPS) is 12.8. The molecule has 0 saturated carbocycles. The van der Waals surface area contributed by atoms with E-state index in [2.05, 4.69) is 17.0 Å². The second-order valence-corrected chi connectivity index (χ2v) is 4.04. The van der Waals surface area contributed by atoms with Gasteiger partial charge in [0, 0.05) is 0 Å². The molecule has 0 aromatic rings. The van der Waals surface area contributed by atoms with E-state index in [1.165, 1.54) is 0 Å². The third-order valence-electron chi connectivity index (χ3n) is 1.50. The number of hydrogen-bond acceptors (Lipinski definition) is 5. The van der Waals surface area contributed by atoms with Gasteiger partial charge >= 0.3 is 0 Å². The summed E-state index contributed by atoms with van der Waals surface area (Å²) >= 11 is 4.79. The van der Waals surface area contributed by atoms with Gasteiger partial charge in [-0.2, -0.15) is 0 Å². The van der Waals surface area contributed by atoms with Gasteiger partial charge in [-0.15, -0.1) is 0 Å². The summed E-state index contributed by atoms with van der Waals surface area (Å²) in [6.45, 7) is 4.59. The van der Waals surface area contributed by atoms with Crippen molar-refractivity contribution in [1.29, 1.82) is 0 Å². The van der Waals surface area contributed by atoms with Crippen LogP contribution in [0.3, 0.4) is 0 Å². The summed E-state index contributed by atoms with van der Waals surface area (Å²) in [6, 6.07) is -0.192. The molecule has 0 aromatic carbocycles. The summed E-state index contributed by atoms with van der Waals surface area (Å²) in [5.74, 6) is -0.222. The van der Waals surface area contributed by atoms with E-state index in [1.54, 1.807) is 0 Å². The Balaban J connectivity index is 3.88. The zero-order valence-corrected chi connectivity index (χ0v) is 10.6. The van der Waals surface area contributed by atoms with Crippen molar-refractivity contribution < 1.29 is 13.7 Å². The lowest BCUT2D eigenvalue weighted by molar-refractivity contribution is -0.120. The van der Waals surface area contributed by atoms with Crippen LogP contribution >= 0.6 is 22.7 Å². The van der Waals surface area contributed by atoms with Crippen LogP contribution in [0.5, 0.6) is 0 Å². The molecule has 0 spiro atoms. The molecule has 0 aliphatic rings. The predicted octanol–water partition coefficient (Wildman–Crippen LogP) is 0.993. The van der Waals surface area contributed by atoms with E-state index in [0.717, 1.165) is 11.1 Å². The van der Waals surface area contributed by atoms with E-state index in [-0.39, 0.29) is 24.4 Å². The first kappa shape index (κ1) is 15.2. The van der Waals surface area contributed by atoms with Crippen LogP contribution < -0.4 is 5.32 Å². The van der Waals surface area contributed by atoms with Crippen molar-refractivity contribution >= 4 is 36.5 Å². The highest BCUT2D eigenvalue weighted by molar-refractivity contribution is 8.66. The van der Waals surface area contributed by atoms with Gasteiger partial charge in [-0.1, -0.05) is 11.7 Å². The summed E-state index contributed by atoms with van der Waals surface area (Å²) < 4.78 is 10.4. The maximum Gasteiger partial charge on any atom is 0.211 e. The molecule has 15 heavy (non-hydrogen) atoms. The maximum absolute atomic E-state index is 11.1. The average molecular weight is 249 g/mol. The Kier molecular flexibility index (Phi) is 9.48. The topological polar surface area (TPSA) is 47.6 Å². The number of ether oxygens (including phenoxy) is 1. The molecule has 0 rings (SSSR count). The van der Waals surface area contributed by atoms with Crippen molar-refractivity contribution in [2.75, 3.05) is 13.2 Å². The first-order chi connectivity index (χ1) is 7.10. The Labute approximate surface area is 101 Å². The highest BCUT2D eigenvalue weighted by atomic mass is 33.1. The summed E-state index contributed by atoms with van der Waals surface area (Å²) in [6.07, 6.45) is 0.0811. The molecule has 1 atom stereocenters. The van der Waals surface area contributed by atoms with Gasteiger partial charge in [0.05, 0.1) is 44.3 Å². The number of carbonyl (C=O) groups excluding carboxylic acids is 1. The molecule has 0 fully saturated rings. The summed E-state index contributed by atoms with van der Waals surface area (Å²) in [7, 11) is 5.19. The predicted molar refractivity (Wildman–Crippen MR) is 66.1 cm³/mol. The molecule has 0 aliphatic heterocycles. The number of rotatable bonds is 8. The van der Waals surface area contributed by atoms with E-state index >= 15 is 0 Å². The van der Waals surface area contributed by atoms with E-state index in [0.29, 0.717) is 13.2 Å². The van der Waals surface area contributed by atoms with E-state index in [4.69, 9.17) is 16.8 Å². The highest BCUT2D eigenvalue weighted by Crippen LogP contribution is 2.07. The fourth-order valence-corrected chi connectivity index (χ4v) is 1.25. The summed E-state index contributed by atoms with van der Waals surface area (Å²) in [4.78, 5) is 11.1. The van der Waals surface area contributed by atoms with Crippen LogP contribution in [0.25, 0.3) is 0 Å². The van der Waals surface area contributed by atoms with Crippen molar-refractivity contribution in [1.82, 2.24) is 5.32 Å². The molecule has 0 aliphatic carbocycles. The van der Waals surface area contributed by atoms with Crippen molar-refractivity contribution in [3.8, 4) is 0 Å². The lowest BCUT2D eigenvalue weighted by atomic mass is 10.0. The number of nitrogens with one attached hydrogen (secondary N) is 1. The maximum atomic E-state index is 11.1. The third kappa shape index (κ3) is 9.11. The Morgan fingerprint density at radius 3 is 2.67 bits per heavy atom. The minimum Gasteiger partial charge on any atom is -0.377 e. The Morgan fingerprint density at radius 1 is 1.53 bits per heavy atom. The molecule has 1 unspecified atom stereocenters. The van der Waals surface area contributed by atoms with Crippen molar-refractivity contribution in [2.45, 2.75) is 32.3 Å². The second-order valence-electron chi connectivity index (χ2n) is 3.21. The summed E-state index contributed by atoms with van der Waals surface area (Å²) in [5, 5.41) is 2.70. The standard InChI is InChI=1S/C8H16BNO3S2/c1-6(2)12-4-7(5-13-15-14)10-8(11)3-9/h6-7,14H,3-5H2,1-2H3,(H,10,11). The first-order valence-corrected chi connectivity index (χ1v) is 6.43. The Bertz CT molecular complexity index is 183. The van der Waals surface area contributed by atoms with Crippen LogP contribution in [0.4, 0.5) is 0 Å². The molecule has 7 heteroatoms. The van der Waals surface area contributed by atoms with Gasteiger partial charge < -0.3 is 14.2 Å². The van der Waals surface area contributed by atoms with Crippen molar-refractivity contribution in [3.63, 3.8) is 0 Å².